The van der Waals surface area contributed by atoms with Crippen molar-refractivity contribution in [3.05, 3.63) is 12.7 Å². The van der Waals surface area contributed by atoms with Gasteiger partial charge in [0.25, 0.3) is 5.91 Å². The molecule has 1 aliphatic heterocycles. The molecule has 38 heavy (non-hydrogen) atoms. The van der Waals surface area contributed by atoms with Gasteiger partial charge in [0, 0.05) is 6.54 Å². The Hall–Kier alpha value is -2.77. The van der Waals surface area contributed by atoms with E-state index in [0.29, 0.717) is 38.5 Å². The fourth-order valence-electron chi connectivity index (χ4n) is 4.99. The Kier molecular flexibility index (Phi) is 7.25. The van der Waals surface area contributed by atoms with Crippen molar-refractivity contribution in [2.24, 2.45) is 11.8 Å². The van der Waals surface area contributed by atoms with Crippen molar-refractivity contribution < 1.29 is 41.1 Å². The number of nitrogens with one attached hydrogen (secondary N) is 3. The number of amides is 4. The van der Waals surface area contributed by atoms with Crippen LogP contribution in [0.2, 0.25) is 0 Å². The first-order chi connectivity index (χ1) is 17.7. The van der Waals surface area contributed by atoms with Gasteiger partial charge in [-0.25, -0.2) is 22.0 Å². The van der Waals surface area contributed by atoms with Gasteiger partial charge < -0.3 is 20.3 Å². The van der Waals surface area contributed by atoms with Crippen molar-refractivity contribution in [2.45, 2.75) is 87.1 Å². The van der Waals surface area contributed by atoms with Gasteiger partial charge in [0.15, 0.2) is 0 Å². The average molecular weight is 561 g/mol. The molecule has 212 valence electrons. The van der Waals surface area contributed by atoms with E-state index in [-0.39, 0.29) is 12.5 Å². The summed E-state index contributed by atoms with van der Waals surface area (Å²) in [6.45, 7) is 6.61. The lowest BCUT2D eigenvalue weighted by Gasteiger charge is -2.29. The van der Waals surface area contributed by atoms with Crippen molar-refractivity contribution in [1.29, 1.82) is 0 Å². The number of sulfonamides is 1. The van der Waals surface area contributed by atoms with Gasteiger partial charge in [-0.1, -0.05) is 19.9 Å². The molecule has 0 radical (unpaired) electrons. The van der Waals surface area contributed by atoms with Crippen LogP contribution in [0, 0.1) is 11.8 Å². The van der Waals surface area contributed by atoms with Gasteiger partial charge in [-0.3, -0.25) is 19.1 Å². The van der Waals surface area contributed by atoms with Gasteiger partial charge in [-0.15, -0.1) is 0 Å². The van der Waals surface area contributed by atoms with Crippen LogP contribution in [0.3, 0.4) is 0 Å². The maximum Gasteiger partial charge on any atom is 0.408 e. The smallest absolute Gasteiger partial charge is 0.408 e. The lowest BCUT2D eigenvalue weighted by molar-refractivity contribution is -0.140. The van der Waals surface area contributed by atoms with Crippen LogP contribution in [-0.4, -0.2) is 78.6 Å². The molecule has 4 aliphatic rings. The van der Waals surface area contributed by atoms with Crippen molar-refractivity contribution in [3.8, 4) is 0 Å². The zero-order chi connectivity index (χ0) is 28.1. The lowest BCUT2D eigenvalue weighted by Crippen LogP contribution is -2.59. The number of alkyl halides is 2. The lowest BCUT2D eigenvalue weighted by atomic mass is 9.96. The highest BCUT2D eigenvalue weighted by Gasteiger charge is 2.67. The van der Waals surface area contributed by atoms with Crippen LogP contribution in [0.5, 0.6) is 0 Å². The molecule has 1 heterocycles. The summed E-state index contributed by atoms with van der Waals surface area (Å²) in [5.41, 5.74) is -2.81. The molecule has 3 N–H and O–H groups in total. The van der Waals surface area contributed by atoms with Crippen molar-refractivity contribution in [3.63, 3.8) is 0 Å². The van der Waals surface area contributed by atoms with Gasteiger partial charge in [-0.05, 0) is 57.4 Å². The second-order valence-electron chi connectivity index (χ2n) is 11.0. The van der Waals surface area contributed by atoms with Crippen LogP contribution in [-0.2, 0) is 29.1 Å². The molecule has 4 atom stereocenters. The second-order valence-corrected chi connectivity index (χ2v) is 13.2. The van der Waals surface area contributed by atoms with E-state index in [1.165, 1.54) is 17.9 Å². The number of halogens is 2. The van der Waals surface area contributed by atoms with Crippen LogP contribution in [0.25, 0.3) is 0 Å². The molecule has 0 aromatic heterocycles. The minimum atomic E-state index is -4.12. The molecule has 0 bridgehead atoms. The largest absolute Gasteiger partial charge is 0.439 e. The molecular formula is C24H34F2N4O7S. The first-order valence-corrected chi connectivity index (χ1v) is 14.3. The fourth-order valence-corrected chi connectivity index (χ4v) is 6.30. The van der Waals surface area contributed by atoms with Crippen LogP contribution < -0.4 is 15.4 Å². The Balaban J connectivity index is 1.44. The number of hydrogen-bond acceptors (Lipinski definition) is 7. The quantitative estimate of drug-likeness (QED) is 0.321. The molecule has 1 saturated heterocycles. The van der Waals surface area contributed by atoms with Crippen LogP contribution in [0.4, 0.5) is 13.6 Å². The van der Waals surface area contributed by atoms with Crippen molar-refractivity contribution in [1.82, 2.24) is 20.3 Å². The van der Waals surface area contributed by atoms with Crippen LogP contribution >= 0.6 is 0 Å². The number of carbonyl (C=O) groups is 4. The summed E-state index contributed by atoms with van der Waals surface area (Å²) in [4.78, 5) is 52.7. The number of ether oxygens (including phenoxy) is 1. The minimum Gasteiger partial charge on any atom is -0.439 e. The van der Waals surface area contributed by atoms with Crippen LogP contribution in [0.15, 0.2) is 12.7 Å². The van der Waals surface area contributed by atoms with Gasteiger partial charge in [0.05, 0.1) is 10.7 Å². The summed E-state index contributed by atoms with van der Waals surface area (Å²) in [7, 11) is -4.12. The molecule has 0 aromatic rings. The highest BCUT2D eigenvalue weighted by atomic mass is 32.2. The van der Waals surface area contributed by atoms with Gasteiger partial charge in [-0.2, -0.15) is 0 Å². The number of hydrogen-bond donors (Lipinski definition) is 3. The third kappa shape index (κ3) is 5.23. The summed E-state index contributed by atoms with van der Waals surface area (Å²) in [5.74, 6) is -4.48. The molecule has 3 saturated carbocycles. The maximum absolute atomic E-state index is 13.6. The van der Waals surface area contributed by atoms with Gasteiger partial charge in [0.2, 0.25) is 28.3 Å². The van der Waals surface area contributed by atoms with E-state index in [4.69, 9.17) is 4.74 Å². The predicted molar refractivity (Wildman–Crippen MR) is 130 cm³/mol. The topological polar surface area (TPSA) is 151 Å². The Morgan fingerprint density at radius 1 is 1.18 bits per heavy atom. The van der Waals surface area contributed by atoms with E-state index in [1.807, 2.05) is 11.6 Å². The molecule has 3 aliphatic carbocycles. The van der Waals surface area contributed by atoms with E-state index in [0.717, 1.165) is 0 Å². The first-order valence-electron chi connectivity index (χ1n) is 12.8. The molecule has 4 fully saturated rings. The SMILES string of the molecule is C=CC1(OC(=O)NCC(=O)N2CC[C@@H](CC)[C@H]2C(=O)N[C@]2(C(=O)NS(=O)(=O)C3(C)CC3)C[C@H]2C(F)F)CC1. The highest BCUT2D eigenvalue weighted by Crippen LogP contribution is 2.49. The zero-order valence-corrected chi connectivity index (χ0v) is 22.2. The zero-order valence-electron chi connectivity index (χ0n) is 21.4. The number of alkyl carbamates (subject to hydrolysis) is 1. The molecule has 4 rings (SSSR count). The standard InChI is InChI=1S/C24H34F2N4O7S/c1-4-14-6-11-30(16(31)13-27-21(34)37-23(5-2)9-10-23)17(14)19(32)28-24(12-15(24)18(25)26)20(33)29-38(35,36)22(3)7-8-22/h5,14-15,17-18H,2,4,6-13H2,1,3H3,(H,27,34)(H,28,32)(H,29,33)/t14-,15+,17+,24-/m1/s1. The van der Waals surface area contributed by atoms with Crippen molar-refractivity contribution in [2.75, 3.05) is 13.1 Å². The molecule has 4 amide bonds. The fraction of sp³-hybridized carbons (Fsp3) is 0.750. The first kappa shape index (κ1) is 28.2. The Morgan fingerprint density at radius 2 is 1.84 bits per heavy atom. The summed E-state index contributed by atoms with van der Waals surface area (Å²) < 4.78 is 58.4. The number of rotatable bonds is 11. The third-order valence-electron chi connectivity index (χ3n) is 8.33. The van der Waals surface area contributed by atoms with E-state index in [9.17, 15) is 36.4 Å². The normalized spacial score (nSPS) is 30.2. The summed E-state index contributed by atoms with van der Waals surface area (Å²) in [6.07, 6.45) is 0.211. The van der Waals surface area contributed by atoms with Gasteiger partial charge >= 0.3 is 6.09 Å². The summed E-state index contributed by atoms with van der Waals surface area (Å²) in [6, 6.07) is -1.07. The van der Waals surface area contributed by atoms with Crippen LogP contribution in [0.1, 0.15) is 58.8 Å². The number of carbonyl (C=O) groups excluding carboxylic acids is 4. The third-order valence-corrected chi connectivity index (χ3v) is 10.5. The van der Waals surface area contributed by atoms with E-state index < -0.39 is 81.1 Å². The minimum absolute atomic E-state index is 0.187. The molecule has 14 heteroatoms. The highest BCUT2D eigenvalue weighted by molar-refractivity contribution is 7.91. The van der Waals surface area contributed by atoms with E-state index >= 15 is 0 Å². The maximum atomic E-state index is 13.6. The molecule has 11 nitrogen and oxygen atoms in total. The monoisotopic (exact) mass is 560 g/mol. The Bertz CT molecular complexity index is 1140. The molecular weight excluding hydrogens is 526 g/mol. The average Bonchev–Trinajstić information content (AvgIpc) is 3.80. The summed E-state index contributed by atoms with van der Waals surface area (Å²) >= 11 is 0. The second kappa shape index (κ2) is 9.76. The summed E-state index contributed by atoms with van der Waals surface area (Å²) in [5, 5.41) is 4.75. The Morgan fingerprint density at radius 3 is 2.34 bits per heavy atom. The molecule has 0 unspecified atom stereocenters. The number of nitrogens with zero attached hydrogens (tertiary/aromatic N) is 1. The predicted octanol–water partition coefficient (Wildman–Crippen LogP) is 1.20. The van der Waals surface area contributed by atoms with Crippen molar-refractivity contribution >= 4 is 33.8 Å². The molecule has 0 aromatic carbocycles. The van der Waals surface area contributed by atoms with Gasteiger partial charge in [0.1, 0.15) is 23.7 Å². The van der Waals surface area contributed by atoms with E-state index in [2.05, 4.69) is 17.2 Å². The van der Waals surface area contributed by atoms with E-state index in [1.54, 1.807) is 0 Å². The number of likely N-dealkylation sites (tertiary alicyclic amines) is 1. The Labute approximate surface area is 220 Å². The molecule has 0 spiro atoms.